The van der Waals surface area contributed by atoms with E-state index < -0.39 is 85.8 Å². The summed E-state index contributed by atoms with van der Waals surface area (Å²) in [5, 5.41) is 41.2. The van der Waals surface area contributed by atoms with Crippen molar-refractivity contribution in [2.24, 2.45) is 11.5 Å². The van der Waals surface area contributed by atoms with Crippen molar-refractivity contribution in [3.63, 3.8) is 0 Å². The Balaban J connectivity index is 3.46. The van der Waals surface area contributed by atoms with Gasteiger partial charge in [-0.1, -0.05) is 0 Å². The third-order valence-electron chi connectivity index (χ3n) is 4.48. The maximum absolute atomic E-state index is 12.8. The number of rotatable bonds is 9. The molecule has 1 saturated heterocycles. The second kappa shape index (κ2) is 10.5. The van der Waals surface area contributed by atoms with E-state index in [0.717, 1.165) is 11.8 Å². The van der Waals surface area contributed by atoms with Crippen LogP contribution in [0.2, 0.25) is 0 Å². The van der Waals surface area contributed by atoms with Crippen LogP contribution in [0, 0.1) is 0 Å². The molecule has 13 heteroatoms. The average Bonchev–Trinajstić information content (AvgIpc) is 2.62. The van der Waals surface area contributed by atoms with Gasteiger partial charge in [0, 0.05) is 13.3 Å². The molecule has 0 aliphatic carbocycles. The number of carboxylic acid groups (broad SMARTS) is 1. The minimum Gasteiger partial charge on any atom is -0.481 e. The molecule has 0 spiro atoms. The molecule has 0 aromatic carbocycles. The van der Waals surface area contributed by atoms with Crippen LogP contribution < -0.4 is 16.8 Å². The number of carboxylic acids is 1. The van der Waals surface area contributed by atoms with Crippen LogP contribution in [0.4, 0.5) is 0 Å². The summed E-state index contributed by atoms with van der Waals surface area (Å²) in [5.41, 5.74) is 11.0. The lowest BCUT2D eigenvalue weighted by molar-refractivity contribution is -0.236. The molecule has 13 nitrogen and oxygen atoms in total. The number of nitrogens with one attached hydrogen (secondary N) is 1. The minimum absolute atomic E-state index is 0.391. The molecule has 0 radical (unpaired) electrons. The Morgan fingerprint density at radius 3 is 2.21 bits per heavy atom. The van der Waals surface area contributed by atoms with Crippen molar-refractivity contribution in [2.75, 3.05) is 6.61 Å². The van der Waals surface area contributed by atoms with Gasteiger partial charge in [-0.3, -0.25) is 19.2 Å². The van der Waals surface area contributed by atoms with E-state index in [1.54, 1.807) is 0 Å². The Morgan fingerprint density at radius 2 is 1.79 bits per heavy atom. The standard InChI is InChI=1S/C16H28N4O9/c1-6(17)15(28)20(8(14(18)27)3-4-10(23)24)16-11(19-7(2)22)13(26)12(25)9(5-21)29-16/h6,8-9,11-13,16,21,25-26H,3-5,17H2,1-2H3,(H2,18,27)(H,19,22)(H,23,24)/t6-,8+,9+,11+,12+,13+,16?/m0/s1. The number of amides is 3. The summed E-state index contributed by atoms with van der Waals surface area (Å²) in [4.78, 5) is 48.1. The summed E-state index contributed by atoms with van der Waals surface area (Å²) in [6.45, 7) is 1.66. The van der Waals surface area contributed by atoms with Gasteiger partial charge in [0.25, 0.3) is 0 Å². The van der Waals surface area contributed by atoms with Crippen LogP contribution in [0.1, 0.15) is 26.7 Å². The number of primary amides is 1. The van der Waals surface area contributed by atoms with Crippen LogP contribution in [0.15, 0.2) is 0 Å². The molecular formula is C16H28N4O9. The molecular weight excluding hydrogens is 392 g/mol. The van der Waals surface area contributed by atoms with Gasteiger partial charge in [-0.2, -0.15) is 0 Å². The van der Waals surface area contributed by atoms with E-state index >= 15 is 0 Å². The first-order valence-corrected chi connectivity index (χ1v) is 8.90. The molecule has 0 aromatic heterocycles. The molecule has 3 amide bonds. The molecule has 1 rings (SSSR count). The van der Waals surface area contributed by atoms with E-state index in [1.807, 2.05) is 0 Å². The predicted octanol–water partition coefficient (Wildman–Crippen LogP) is -4.18. The van der Waals surface area contributed by atoms with Gasteiger partial charge in [0.05, 0.1) is 12.6 Å². The Hall–Kier alpha value is -2.32. The monoisotopic (exact) mass is 420 g/mol. The van der Waals surface area contributed by atoms with Gasteiger partial charge in [-0.05, 0) is 13.3 Å². The van der Waals surface area contributed by atoms with Crippen LogP contribution in [0.5, 0.6) is 0 Å². The summed E-state index contributed by atoms with van der Waals surface area (Å²) >= 11 is 0. The summed E-state index contributed by atoms with van der Waals surface area (Å²) in [5.74, 6) is -3.84. The van der Waals surface area contributed by atoms with Crippen LogP contribution in [-0.4, -0.2) is 98.3 Å². The molecule has 1 aliphatic heterocycles. The molecule has 1 heterocycles. The highest BCUT2D eigenvalue weighted by molar-refractivity contribution is 5.89. The van der Waals surface area contributed by atoms with Crippen LogP contribution in [0.25, 0.3) is 0 Å². The molecule has 9 N–H and O–H groups in total. The number of nitrogens with zero attached hydrogens (tertiary/aromatic N) is 1. The predicted molar refractivity (Wildman–Crippen MR) is 95.7 cm³/mol. The van der Waals surface area contributed by atoms with Gasteiger partial charge in [-0.25, -0.2) is 0 Å². The first-order chi connectivity index (χ1) is 13.4. The first kappa shape index (κ1) is 24.7. The number of carbonyl (C=O) groups is 4. The molecule has 0 bridgehead atoms. The normalized spacial score (nSPS) is 28.8. The van der Waals surface area contributed by atoms with E-state index in [9.17, 15) is 34.5 Å². The lowest BCUT2D eigenvalue weighted by Crippen LogP contribution is -2.71. The highest BCUT2D eigenvalue weighted by Gasteiger charge is 2.50. The Morgan fingerprint density at radius 1 is 1.21 bits per heavy atom. The van der Waals surface area contributed by atoms with Gasteiger partial charge >= 0.3 is 5.97 Å². The summed E-state index contributed by atoms with van der Waals surface area (Å²) in [7, 11) is 0. The molecule has 1 fully saturated rings. The van der Waals surface area contributed by atoms with E-state index in [0.29, 0.717) is 0 Å². The van der Waals surface area contributed by atoms with E-state index in [4.69, 9.17) is 21.3 Å². The van der Waals surface area contributed by atoms with Gasteiger partial charge in [0.15, 0.2) is 6.23 Å². The molecule has 0 aromatic rings. The van der Waals surface area contributed by atoms with Crippen molar-refractivity contribution in [2.45, 2.75) is 69.4 Å². The summed E-state index contributed by atoms with van der Waals surface area (Å²) < 4.78 is 5.52. The Kier molecular flexibility index (Phi) is 8.91. The zero-order valence-corrected chi connectivity index (χ0v) is 16.1. The highest BCUT2D eigenvalue weighted by atomic mass is 16.5. The fourth-order valence-corrected chi connectivity index (χ4v) is 3.10. The number of aliphatic carboxylic acids is 1. The average molecular weight is 420 g/mol. The number of aliphatic hydroxyl groups excluding tert-OH is 3. The van der Waals surface area contributed by atoms with Crippen molar-refractivity contribution in [3.05, 3.63) is 0 Å². The molecule has 7 atom stereocenters. The van der Waals surface area contributed by atoms with Crippen molar-refractivity contribution in [1.29, 1.82) is 0 Å². The molecule has 166 valence electrons. The smallest absolute Gasteiger partial charge is 0.303 e. The summed E-state index contributed by atoms with van der Waals surface area (Å²) in [6, 6.07) is -4.10. The van der Waals surface area contributed by atoms with Crippen molar-refractivity contribution < 1.29 is 44.3 Å². The Bertz CT molecular complexity index is 630. The minimum atomic E-state index is -1.69. The van der Waals surface area contributed by atoms with Crippen molar-refractivity contribution in [1.82, 2.24) is 10.2 Å². The number of hydrogen-bond donors (Lipinski definition) is 7. The number of carbonyl (C=O) groups excluding carboxylic acids is 3. The molecule has 1 aliphatic rings. The van der Waals surface area contributed by atoms with Crippen molar-refractivity contribution in [3.8, 4) is 0 Å². The first-order valence-electron chi connectivity index (χ1n) is 8.90. The van der Waals surface area contributed by atoms with Crippen LogP contribution >= 0.6 is 0 Å². The molecule has 29 heavy (non-hydrogen) atoms. The number of nitrogens with two attached hydrogens (primary N) is 2. The van der Waals surface area contributed by atoms with E-state index in [2.05, 4.69) is 5.32 Å². The third-order valence-corrected chi connectivity index (χ3v) is 4.48. The zero-order valence-electron chi connectivity index (χ0n) is 16.1. The largest absolute Gasteiger partial charge is 0.481 e. The SMILES string of the molecule is CC(=O)N[C@H]1C(N(C(=O)[C@H](C)N)[C@H](CCC(=O)O)C(N)=O)O[C@H](CO)[C@@H](O)[C@@H]1O. The quantitative estimate of drug-likeness (QED) is 0.190. The van der Waals surface area contributed by atoms with E-state index in [-0.39, 0.29) is 0 Å². The third kappa shape index (κ3) is 6.08. The number of hydrogen-bond acceptors (Lipinski definition) is 9. The lowest BCUT2D eigenvalue weighted by atomic mass is 9.93. The fraction of sp³-hybridized carbons (Fsp3) is 0.750. The van der Waals surface area contributed by atoms with Crippen LogP contribution in [0.3, 0.4) is 0 Å². The second-order valence-electron chi connectivity index (χ2n) is 6.84. The van der Waals surface area contributed by atoms with Gasteiger partial charge in [0.1, 0.15) is 30.4 Å². The number of aliphatic hydroxyl groups is 3. The van der Waals surface area contributed by atoms with Gasteiger partial charge in [-0.15, -0.1) is 0 Å². The molecule has 1 unspecified atom stereocenters. The Labute approximate surface area is 166 Å². The van der Waals surface area contributed by atoms with Gasteiger partial charge in [0.2, 0.25) is 17.7 Å². The van der Waals surface area contributed by atoms with Gasteiger partial charge < -0.3 is 46.8 Å². The second-order valence-corrected chi connectivity index (χ2v) is 6.84. The lowest BCUT2D eigenvalue weighted by Gasteiger charge is -2.48. The maximum Gasteiger partial charge on any atom is 0.303 e. The zero-order chi connectivity index (χ0) is 22.5. The van der Waals surface area contributed by atoms with Crippen molar-refractivity contribution >= 4 is 23.7 Å². The fourth-order valence-electron chi connectivity index (χ4n) is 3.10. The molecule has 0 saturated carbocycles. The highest BCUT2D eigenvalue weighted by Crippen LogP contribution is 2.27. The summed E-state index contributed by atoms with van der Waals surface area (Å²) in [6.07, 6.45) is -7.16. The van der Waals surface area contributed by atoms with E-state index in [1.165, 1.54) is 6.92 Å². The number of ether oxygens (including phenoxy) is 1. The maximum atomic E-state index is 12.8. The topological polar surface area (TPSA) is 226 Å². The van der Waals surface area contributed by atoms with Crippen LogP contribution in [-0.2, 0) is 23.9 Å².